The molecule has 0 saturated carbocycles. The zero-order chi connectivity index (χ0) is 71.8. The van der Waals surface area contributed by atoms with Crippen LogP contribution in [0.15, 0.2) is 72.9 Å². The van der Waals surface area contributed by atoms with Gasteiger partial charge in [-0.05, 0) is 109 Å². The molecule has 0 bridgehead atoms. The van der Waals surface area contributed by atoms with Gasteiger partial charge in [0.15, 0.2) is 12.2 Å². The first-order valence-corrected chi connectivity index (χ1v) is 42.2. The molecule has 0 radical (unpaired) electrons. The molecule has 17 nitrogen and oxygen atoms in total. The molecule has 0 aromatic heterocycles. The number of carbonyl (C=O) groups is 4. The number of carbonyl (C=O) groups excluding carboxylic acids is 4. The molecule has 0 fully saturated rings. The quantitative estimate of drug-likeness (QED) is 0.0169. The van der Waals surface area contributed by atoms with Crippen molar-refractivity contribution < 1.29 is 80.2 Å². The lowest BCUT2D eigenvalue weighted by molar-refractivity contribution is -0.161. The van der Waals surface area contributed by atoms with Crippen LogP contribution in [0.5, 0.6) is 0 Å². The molecule has 0 amide bonds. The Labute approximate surface area is 596 Å². The molecule has 98 heavy (non-hydrogen) atoms. The van der Waals surface area contributed by atoms with Crippen LogP contribution in [0.2, 0.25) is 0 Å². The molecule has 0 aliphatic carbocycles. The normalized spacial score (nSPS) is 14.3. The van der Waals surface area contributed by atoms with E-state index in [0.717, 1.165) is 173 Å². The minimum Gasteiger partial charge on any atom is -0.462 e. The highest BCUT2D eigenvalue weighted by Gasteiger charge is 2.30. The van der Waals surface area contributed by atoms with Crippen molar-refractivity contribution >= 4 is 39.5 Å². The fourth-order valence-electron chi connectivity index (χ4n) is 10.7. The van der Waals surface area contributed by atoms with Crippen molar-refractivity contribution in [1.82, 2.24) is 0 Å². The molecule has 19 heteroatoms. The lowest BCUT2D eigenvalue weighted by atomic mass is 10.0. The number of allylic oxidation sites excluding steroid dienone is 12. The summed E-state index contributed by atoms with van der Waals surface area (Å²) in [6.45, 7) is 4.72. The van der Waals surface area contributed by atoms with Gasteiger partial charge >= 0.3 is 39.5 Å². The van der Waals surface area contributed by atoms with Crippen LogP contribution in [0.25, 0.3) is 0 Å². The van der Waals surface area contributed by atoms with Crippen LogP contribution in [0.3, 0.4) is 0 Å². The van der Waals surface area contributed by atoms with Gasteiger partial charge in [0.25, 0.3) is 0 Å². The summed E-state index contributed by atoms with van der Waals surface area (Å²) in [6.07, 6.45) is 71.7. The summed E-state index contributed by atoms with van der Waals surface area (Å²) < 4.78 is 68.5. The molecule has 0 aliphatic rings. The Morgan fingerprint density at radius 2 is 0.541 bits per heavy atom. The van der Waals surface area contributed by atoms with Gasteiger partial charge in [0, 0.05) is 25.7 Å². The van der Waals surface area contributed by atoms with Gasteiger partial charge in [-0.2, -0.15) is 0 Å². The maximum absolute atomic E-state index is 13.1. The molecular weight excluding hydrogens is 1280 g/mol. The van der Waals surface area contributed by atoms with Crippen molar-refractivity contribution in [2.24, 2.45) is 0 Å². The summed E-state index contributed by atoms with van der Waals surface area (Å²) in [6, 6.07) is 0. The second kappa shape index (κ2) is 71.9. The van der Waals surface area contributed by atoms with Crippen molar-refractivity contribution in [2.75, 3.05) is 39.6 Å². The minimum atomic E-state index is -4.97. The Hall–Kier alpha value is -3.50. The fourth-order valence-corrected chi connectivity index (χ4v) is 12.2. The van der Waals surface area contributed by atoms with E-state index >= 15 is 0 Å². The average molecular weight is 1430 g/mol. The van der Waals surface area contributed by atoms with Crippen LogP contribution >= 0.6 is 15.6 Å². The van der Waals surface area contributed by atoms with Crippen molar-refractivity contribution in [2.45, 2.75) is 367 Å². The molecule has 0 aromatic carbocycles. The van der Waals surface area contributed by atoms with Crippen LogP contribution in [0.1, 0.15) is 349 Å². The Morgan fingerprint density at radius 3 is 0.878 bits per heavy atom. The summed E-state index contributed by atoms with van der Waals surface area (Å²) in [5, 5.41) is 10.6. The van der Waals surface area contributed by atoms with Crippen LogP contribution in [-0.2, 0) is 65.4 Å². The maximum Gasteiger partial charge on any atom is 0.472 e. The van der Waals surface area contributed by atoms with E-state index in [-0.39, 0.29) is 25.7 Å². The Balaban J connectivity index is 5.31. The standard InChI is InChI=1S/C79H142O17P2/c1-5-9-13-17-21-25-29-32-35-36-39-41-45-48-52-56-60-64-77(82)89-69-74(95-78(83)65-61-57-53-49-43-28-24-20-16-12-8-4)71-93-97(85,86)91-67-73(80)68-92-98(87,88)94-72-75(96-79(84)66-62-58-54-50-46-42-38-34-31-27-23-19-15-11-7-3)70-90-76(81)63-59-55-51-47-44-40-37-33-30-26-22-18-14-10-6-2/h9,13,20-22,24-26,32-33,35,37,73-75,80H,5-8,10-12,14-19,23,27-31,34,36,38-72H2,1-4H3,(H,85,86)(H,87,88)/b13-9-,24-20-,25-21-,26-22-,35-32-,37-33-. The number of esters is 4. The summed E-state index contributed by atoms with van der Waals surface area (Å²) in [5.41, 5.74) is 0. The third-order valence-electron chi connectivity index (χ3n) is 16.7. The smallest absolute Gasteiger partial charge is 0.462 e. The topological polar surface area (TPSA) is 237 Å². The van der Waals surface area contributed by atoms with Gasteiger partial charge in [0.05, 0.1) is 26.4 Å². The van der Waals surface area contributed by atoms with Gasteiger partial charge in [-0.3, -0.25) is 37.3 Å². The Morgan fingerprint density at radius 1 is 0.296 bits per heavy atom. The molecule has 3 N–H and O–H groups in total. The summed E-state index contributed by atoms with van der Waals surface area (Å²) in [5.74, 6) is -2.18. The SMILES string of the molecule is CC/C=C\C/C=C\C/C=C\CCCCCCCCCC(=O)OCC(COP(=O)(O)OCC(O)COP(=O)(O)OCC(COC(=O)CCCCCCC/C=C\C/C=C\CCCCC)OC(=O)CCCCCCCCCCCCCCCCC)OC(=O)CCCCCCC/C=C\CCCC. The number of rotatable bonds is 74. The Kier molecular flexibility index (Phi) is 69.3. The zero-order valence-electron chi connectivity index (χ0n) is 62.2. The first-order chi connectivity index (χ1) is 47.7. The highest BCUT2D eigenvalue weighted by molar-refractivity contribution is 7.47. The van der Waals surface area contributed by atoms with E-state index in [1.165, 1.54) is 96.3 Å². The fraction of sp³-hybridized carbons (Fsp3) is 0.797. The number of hydrogen-bond donors (Lipinski definition) is 3. The second-order valence-corrected chi connectivity index (χ2v) is 29.2. The monoisotopic (exact) mass is 1420 g/mol. The lowest BCUT2D eigenvalue weighted by Crippen LogP contribution is -2.30. The number of aliphatic hydroxyl groups excluding tert-OH is 1. The largest absolute Gasteiger partial charge is 0.472 e. The number of ether oxygens (including phenoxy) is 4. The van der Waals surface area contributed by atoms with Crippen molar-refractivity contribution in [1.29, 1.82) is 0 Å². The van der Waals surface area contributed by atoms with E-state index in [4.69, 9.17) is 37.0 Å². The molecule has 0 heterocycles. The molecule has 0 saturated heterocycles. The van der Waals surface area contributed by atoms with Crippen LogP contribution < -0.4 is 0 Å². The van der Waals surface area contributed by atoms with Crippen molar-refractivity contribution in [3.8, 4) is 0 Å². The number of aliphatic hydroxyl groups is 1. The highest BCUT2D eigenvalue weighted by atomic mass is 31.2. The van der Waals surface area contributed by atoms with E-state index in [1.54, 1.807) is 0 Å². The van der Waals surface area contributed by atoms with Gasteiger partial charge in [-0.25, -0.2) is 9.13 Å². The summed E-state index contributed by atoms with van der Waals surface area (Å²) in [7, 11) is -9.94. The van der Waals surface area contributed by atoms with Crippen LogP contribution in [-0.4, -0.2) is 96.7 Å². The molecule has 0 rings (SSSR count). The Bertz CT molecular complexity index is 2140. The van der Waals surface area contributed by atoms with E-state index in [2.05, 4.69) is 101 Å². The van der Waals surface area contributed by atoms with Gasteiger partial charge in [-0.15, -0.1) is 0 Å². The highest BCUT2D eigenvalue weighted by Crippen LogP contribution is 2.45. The average Bonchev–Trinajstić information content (AvgIpc) is 0.986. The summed E-state index contributed by atoms with van der Waals surface area (Å²) in [4.78, 5) is 72.9. The van der Waals surface area contributed by atoms with Gasteiger partial charge in [0.2, 0.25) is 0 Å². The van der Waals surface area contributed by atoms with E-state index in [9.17, 15) is 43.2 Å². The first-order valence-electron chi connectivity index (χ1n) is 39.2. The summed E-state index contributed by atoms with van der Waals surface area (Å²) >= 11 is 0. The second-order valence-electron chi connectivity index (χ2n) is 26.3. The predicted molar refractivity (Wildman–Crippen MR) is 400 cm³/mol. The van der Waals surface area contributed by atoms with Crippen LogP contribution in [0, 0.1) is 0 Å². The molecule has 570 valence electrons. The molecule has 0 aromatic rings. The van der Waals surface area contributed by atoms with Gasteiger partial charge in [0.1, 0.15) is 19.3 Å². The van der Waals surface area contributed by atoms with Gasteiger partial charge in [-0.1, -0.05) is 287 Å². The van der Waals surface area contributed by atoms with Crippen molar-refractivity contribution in [3.05, 3.63) is 72.9 Å². The van der Waals surface area contributed by atoms with Gasteiger partial charge < -0.3 is 33.8 Å². The molecule has 5 unspecified atom stereocenters. The molecule has 0 spiro atoms. The number of unbranched alkanes of at least 4 members (excludes halogenated alkanes) is 36. The zero-order valence-corrected chi connectivity index (χ0v) is 64.0. The lowest BCUT2D eigenvalue weighted by Gasteiger charge is -2.21. The number of phosphoric acid groups is 2. The minimum absolute atomic E-state index is 0.0844. The first kappa shape index (κ1) is 94.5. The predicted octanol–water partition coefficient (Wildman–Crippen LogP) is 22.4. The third-order valence-corrected chi connectivity index (χ3v) is 18.6. The maximum atomic E-state index is 13.1. The van der Waals surface area contributed by atoms with E-state index in [0.29, 0.717) is 25.7 Å². The third kappa shape index (κ3) is 70.9. The number of hydrogen-bond acceptors (Lipinski definition) is 15. The van der Waals surface area contributed by atoms with Crippen LogP contribution in [0.4, 0.5) is 0 Å². The van der Waals surface area contributed by atoms with E-state index < -0.39 is 97.5 Å². The number of phosphoric ester groups is 2. The molecular formula is C79H142O17P2. The molecule has 0 aliphatic heterocycles. The molecule has 5 atom stereocenters. The van der Waals surface area contributed by atoms with Crippen molar-refractivity contribution in [3.63, 3.8) is 0 Å². The van der Waals surface area contributed by atoms with E-state index in [1.807, 2.05) is 0 Å².